The molecule has 106 valence electrons. The summed E-state index contributed by atoms with van der Waals surface area (Å²) in [6, 6.07) is 0. The number of aliphatic hydroxyl groups is 1. The van der Waals surface area contributed by atoms with E-state index >= 15 is 0 Å². The van der Waals surface area contributed by atoms with Crippen LogP contribution in [-0.2, 0) is 4.43 Å². The Morgan fingerprint density at radius 2 is 1.67 bits per heavy atom. The fourth-order valence-electron chi connectivity index (χ4n) is 3.65. The van der Waals surface area contributed by atoms with Crippen molar-refractivity contribution >= 4 is 8.32 Å². The van der Waals surface area contributed by atoms with E-state index in [-0.39, 0.29) is 12.7 Å². The van der Waals surface area contributed by atoms with Gasteiger partial charge in [0.15, 0.2) is 0 Å². The molecule has 1 N–H and O–H groups in total. The van der Waals surface area contributed by atoms with Gasteiger partial charge in [0.05, 0.1) is 12.7 Å². The third-order valence-corrected chi connectivity index (χ3v) is 10.6. The summed E-state index contributed by atoms with van der Waals surface area (Å²) >= 11 is 0. The maximum Gasteiger partial charge on any atom is 0.201 e. The van der Waals surface area contributed by atoms with Gasteiger partial charge in [-0.2, -0.15) is 0 Å². The van der Waals surface area contributed by atoms with Gasteiger partial charge < -0.3 is 9.53 Å². The monoisotopic (exact) mass is 270 g/mol. The summed E-state index contributed by atoms with van der Waals surface area (Å²) in [7, 11) is -1.76. The van der Waals surface area contributed by atoms with Crippen molar-refractivity contribution < 1.29 is 9.53 Å². The molecule has 0 aromatic heterocycles. The van der Waals surface area contributed by atoms with Crippen LogP contribution in [0.1, 0.15) is 54.4 Å². The van der Waals surface area contributed by atoms with Crippen molar-refractivity contribution in [3.8, 4) is 0 Å². The Morgan fingerprint density at radius 3 is 2.00 bits per heavy atom. The van der Waals surface area contributed by atoms with Crippen molar-refractivity contribution in [2.45, 2.75) is 77.1 Å². The van der Waals surface area contributed by atoms with Gasteiger partial charge in [0.25, 0.3) is 0 Å². The van der Waals surface area contributed by atoms with E-state index in [9.17, 15) is 5.11 Å². The van der Waals surface area contributed by atoms with Crippen LogP contribution in [0.2, 0.25) is 16.6 Å². The third kappa shape index (κ3) is 3.06. The molecule has 18 heavy (non-hydrogen) atoms. The predicted octanol–water partition coefficient (Wildman–Crippen LogP) is 4.26. The molecule has 0 fully saturated rings. The first-order chi connectivity index (χ1) is 8.34. The number of aliphatic hydroxyl groups excluding tert-OH is 1. The average Bonchev–Trinajstić information content (AvgIpc) is 2.71. The zero-order chi connectivity index (χ0) is 13.9. The van der Waals surface area contributed by atoms with Gasteiger partial charge in [-0.1, -0.05) is 47.6 Å². The molecule has 3 heteroatoms. The molecule has 1 aliphatic carbocycles. The van der Waals surface area contributed by atoms with Crippen LogP contribution in [0.5, 0.6) is 0 Å². The predicted molar refractivity (Wildman–Crippen MR) is 80.3 cm³/mol. The smallest absolute Gasteiger partial charge is 0.201 e. The van der Waals surface area contributed by atoms with Crippen LogP contribution in [0.25, 0.3) is 0 Å². The normalized spacial score (nSPS) is 21.2. The van der Waals surface area contributed by atoms with Crippen LogP contribution in [0, 0.1) is 0 Å². The van der Waals surface area contributed by atoms with E-state index in [4.69, 9.17) is 4.43 Å². The van der Waals surface area contributed by atoms with E-state index in [2.05, 4.69) is 47.6 Å². The molecular weight excluding hydrogens is 240 g/mol. The maximum absolute atomic E-state index is 9.20. The quantitative estimate of drug-likeness (QED) is 0.577. The molecule has 1 atom stereocenters. The number of rotatable bonds is 6. The van der Waals surface area contributed by atoms with E-state index in [0.29, 0.717) is 16.6 Å². The van der Waals surface area contributed by atoms with Gasteiger partial charge in [-0.15, -0.1) is 0 Å². The van der Waals surface area contributed by atoms with Crippen molar-refractivity contribution in [2.75, 3.05) is 6.61 Å². The lowest BCUT2D eigenvalue weighted by Gasteiger charge is -2.43. The summed E-state index contributed by atoms with van der Waals surface area (Å²) in [5.74, 6) is 0. The van der Waals surface area contributed by atoms with Gasteiger partial charge in [-0.05, 0) is 35.0 Å². The Balaban J connectivity index is 2.89. The highest BCUT2D eigenvalue weighted by atomic mass is 28.4. The van der Waals surface area contributed by atoms with Crippen LogP contribution >= 0.6 is 0 Å². The highest BCUT2D eigenvalue weighted by Gasteiger charge is 2.46. The molecule has 0 saturated heterocycles. The van der Waals surface area contributed by atoms with E-state index in [1.165, 1.54) is 0 Å². The lowest BCUT2D eigenvalue weighted by Crippen LogP contribution is -2.49. The van der Waals surface area contributed by atoms with Crippen LogP contribution < -0.4 is 0 Å². The second-order valence-electron chi connectivity index (χ2n) is 6.50. The molecule has 0 saturated carbocycles. The van der Waals surface area contributed by atoms with Gasteiger partial charge in [0.2, 0.25) is 8.32 Å². The van der Waals surface area contributed by atoms with E-state index < -0.39 is 8.32 Å². The summed E-state index contributed by atoms with van der Waals surface area (Å²) < 4.78 is 6.67. The molecular formula is C15H30O2Si. The molecule has 0 aliphatic heterocycles. The van der Waals surface area contributed by atoms with Crippen molar-refractivity contribution in [1.82, 2.24) is 0 Å². The molecule has 0 aromatic carbocycles. The van der Waals surface area contributed by atoms with Crippen LogP contribution in [0.15, 0.2) is 11.6 Å². The third-order valence-electron chi connectivity index (χ3n) is 4.44. The number of hydrogen-bond donors (Lipinski definition) is 1. The summed E-state index contributed by atoms with van der Waals surface area (Å²) in [5, 5.41) is 9.20. The molecule has 1 unspecified atom stereocenters. The standard InChI is InChI=1S/C15H30O2Si/c1-11(2)18(12(3)4,13(5)6)17-15-8-7-14(9-15)10-16/h9,11-13,15-16H,7-8,10H2,1-6H3. The second-order valence-corrected chi connectivity index (χ2v) is 11.9. The fraction of sp³-hybridized carbons (Fsp3) is 0.867. The fourth-order valence-corrected chi connectivity index (χ4v) is 9.18. The topological polar surface area (TPSA) is 29.5 Å². The lowest BCUT2D eigenvalue weighted by atomic mass is 10.2. The minimum Gasteiger partial charge on any atom is -0.410 e. The van der Waals surface area contributed by atoms with Crippen molar-refractivity contribution in [1.29, 1.82) is 0 Å². The summed E-state index contributed by atoms with van der Waals surface area (Å²) in [4.78, 5) is 0. The molecule has 2 nitrogen and oxygen atoms in total. The highest BCUT2D eigenvalue weighted by molar-refractivity contribution is 6.77. The molecule has 0 heterocycles. The molecule has 0 spiro atoms. The van der Waals surface area contributed by atoms with E-state index in [1.54, 1.807) is 0 Å². The summed E-state index contributed by atoms with van der Waals surface area (Å²) in [6.45, 7) is 14.1. The summed E-state index contributed by atoms with van der Waals surface area (Å²) in [6.07, 6.45) is 4.46. The summed E-state index contributed by atoms with van der Waals surface area (Å²) in [5.41, 5.74) is 3.04. The molecule has 0 bridgehead atoms. The molecule has 0 amide bonds. The first kappa shape index (κ1) is 15.9. The van der Waals surface area contributed by atoms with Crippen LogP contribution in [-0.4, -0.2) is 26.1 Å². The maximum atomic E-state index is 9.20. The Kier molecular flexibility index (Phi) is 5.62. The molecule has 0 radical (unpaired) electrons. The Labute approximate surface area is 114 Å². The number of hydrogen-bond acceptors (Lipinski definition) is 2. The lowest BCUT2D eigenvalue weighted by molar-refractivity contribution is 0.216. The van der Waals surface area contributed by atoms with Gasteiger partial charge >= 0.3 is 0 Å². The molecule has 1 rings (SSSR count). The van der Waals surface area contributed by atoms with E-state index in [1.807, 2.05) is 0 Å². The van der Waals surface area contributed by atoms with Gasteiger partial charge in [-0.3, -0.25) is 0 Å². The van der Waals surface area contributed by atoms with Crippen molar-refractivity contribution in [2.24, 2.45) is 0 Å². The Bertz CT molecular complexity index is 273. The second kappa shape index (κ2) is 6.35. The zero-order valence-corrected chi connectivity index (χ0v) is 13.9. The van der Waals surface area contributed by atoms with Crippen molar-refractivity contribution in [3.05, 3.63) is 11.6 Å². The molecule has 0 aromatic rings. The SMILES string of the molecule is CC(C)[Si](OC1C=C(CO)CC1)(C(C)C)C(C)C. The van der Waals surface area contributed by atoms with Crippen molar-refractivity contribution in [3.63, 3.8) is 0 Å². The minimum absolute atomic E-state index is 0.194. The van der Waals surface area contributed by atoms with E-state index in [0.717, 1.165) is 18.4 Å². The Morgan fingerprint density at radius 1 is 1.17 bits per heavy atom. The zero-order valence-electron chi connectivity index (χ0n) is 12.9. The van der Waals surface area contributed by atoms with Gasteiger partial charge in [0.1, 0.15) is 0 Å². The van der Waals surface area contributed by atoms with Gasteiger partial charge in [0, 0.05) is 0 Å². The highest BCUT2D eigenvalue weighted by Crippen LogP contribution is 2.44. The van der Waals surface area contributed by atoms with Crippen LogP contribution in [0.3, 0.4) is 0 Å². The largest absolute Gasteiger partial charge is 0.410 e. The Hall–Kier alpha value is -0.123. The average molecular weight is 270 g/mol. The first-order valence-electron chi connectivity index (χ1n) is 7.32. The molecule has 1 aliphatic rings. The van der Waals surface area contributed by atoms with Gasteiger partial charge in [-0.25, -0.2) is 0 Å². The van der Waals surface area contributed by atoms with Crippen LogP contribution in [0.4, 0.5) is 0 Å². The first-order valence-corrected chi connectivity index (χ1v) is 9.46. The minimum atomic E-state index is -1.76.